The van der Waals surface area contributed by atoms with E-state index in [0.29, 0.717) is 0 Å². The van der Waals surface area contributed by atoms with Gasteiger partial charge in [-0.3, -0.25) is 0 Å². The molecule has 0 N–H and O–H groups in total. The summed E-state index contributed by atoms with van der Waals surface area (Å²) in [5.41, 5.74) is 0. The number of hydrogen-bond donors (Lipinski definition) is 0. The van der Waals surface area contributed by atoms with Crippen molar-refractivity contribution in [2.45, 2.75) is 45.4 Å². The molecule has 13 heavy (non-hydrogen) atoms. The van der Waals surface area contributed by atoms with Crippen molar-refractivity contribution in [1.29, 1.82) is 0 Å². The molecule has 2 rings (SSSR count). The SMILES string of the molecule is CCOCC1CC2CCCCC2C1. The molecule has 0 radical (unpaired) electrons. The molecule has 1 heteroatoms. The van der Waals surface area contributed by atoms with Crippen LogP contribution < -0.4 is 0 Å². The molecule has 0 bridgehead atoms. The molecule has 0 aromatic rings. The van der Waals surface area contributed by atoms with Crippen molar-refractivity contribution in [3.63, 3.8) is 0 Å². The molecule has 0 saturated heterocycles. The fraction of sp³-hybridized carbons (Fsp3) is 1.00. The van der Waals surface area contributed by atoms with Crippen molar-refractivity contribution in [1.82, 2.24) is 0 Å². The summed E-state index contributed by atoms with van der Waals surface area (Å²) in [7, 11) is 0. The van der Waals surface area contributed by atoms with Gasteiger partial charge in [0.15, 0.2) is 0 Å². The second kappa shape index (κ2) is 4.45. The first-order valence-corrected chi connectivity index (χ1v) is 5.98. The van der Waals surface area contributed by atoms with E-state index in [2.05, 4.69) is 6.92 Å². The largest absolute Gasteiger partial charge is 0.381 e. The first kappa shape index (κ1) is 9.51. The second-order valence-electron chi connectivity index (χ2n) is 4.80. The monoisotopic (exact) mass is 182 g/mol. The van der Waals surface area contributed by atoms with Gasteiger partial charge < -0.3 is 4.74 Å². The molecule has 2 saturated carbocycles. The summed E-state index contributed by atoms with van der Waals surface area (Å²) in [6.45, 7) is 4.03. The Morgan fingerprint density at radius 1 is 1.08 bits per heavy atom. The Morgan fingerprint density at radius 2 is 1.69 bits per heavy atom. The van der Waals surface area contributed by atoms with Crippen molar-refractivity contribution in [2.75, 3.05) is 13.2 Å². The zero-order chi connectivity index (χ0) is 9.10. The molecule has 2 fully saturated rings. The molecule has 2 aliphatic rings. The maximum absolute atomic E-state index is 5.52. The van der Waals surface area contributed by atoms with Gasteiger partial charge >= 0.3 is 0 Å². The maximum Gasteiger partial charge on any atom is 0.0494 e. The smallest absolute Gasteiger partial charge is 0.0494 e. The molecule has 76 valence electrons. The highest BCUT2D eigenvalue weighted by Crippen LogP contribution is 2.44. The van der Waals surface area contributed by atoms with Crippen LogP contribution in [0.25, 0.3) is 0 Å². The predicted octanol–water partition coefficient (Wildman–Crippen LogP) is 3.24. The number of hydrogen-bond acceptors (Lipinski definition) is 1. The van der Waals surface area contributed by atoms with Crippen LogP contribution >= 0.6 is 0 Å². The predicted molar refractivity (Wildman–Crippen MR) is 54.7 cm³/mol. The van der Waals surface area contributed by atoms with Crippen molar-refractivity contribution >= 4 is 0 Å². The van der Waals surface area contributed by atoms with Crippen LogP contribution in [0.15, 0.2) is 0 Å². The molecule has 0 aromatic carbocycles. The fourth-order valence-corrected chi connectivity index (χ4v) is 3.28. The van der Waals surface area contributed by atoms with E-state index < -0.39 is 0 Å². The number of fused-ring (bicyclic) bond motifs is 1. The van der Waals surface area contributed by atoms with Crippen LogP contribution in [-0.2, 0) is 4.74 Å². The van der Waals surface area contributed by atoms with Gasteiger partial charge in [-0.05, 0) is 37.5 Å². The Bertz CT molecular complexity index is 141. The average molecular weight is 182 g/mol. The van der Waals surface area contributed by atoms with Gasteiger partial charge in [0.1, 0.15) is 0 Å². The zero-order valence-corrected chi connectivity index (χ0v) is 8.80. The zero-order valence-electron chi connectivity index (χ0n) is 8.80. The molecule has 0 aromatic heterocycles. The van der Waals surface area contributed by atoms with Crippen LogP contribution in [0.4, 0.5) is 0 Å². The summed E-state index contributed by atoms with van der Waals surface area (Å²) in [5, 5.41) is 0. The van der Waals surface area contributed by atoms with E-state index in [1.165, 1.54) is 38.5 Å². The Labute approximate surface area is 81.9 Å². The molecular weight excluding hydrogens is 160 g/mol. The first-order valence-electron chi connectivity index (χ1n) is 5.98. The van der Waals surface area contributed by atoms with E-state index in [-0.39, 0.29) is 0 Å². The molecule has 0 spiro atoms. The number of rotatable bonds is 3. The quantitative estimate of drug-likeness (QED) is 0.651. The van der Waals surface area contributed by atoms with Crippen LogP contribution in [0.3, 0.4) is 0 Å². The summed E-state index contributed by atoms with van der Waals surface area (Å²) in [6.07, 6.45) is 8.92. The number of ether oxygens (including phenoxy) is 1. The Balaban J connectivity index is 1.77. The molecule has 2 aliphatic carbocycles. The topological polar surface area (TPSA) is 9.23 Å². The molecule has 1 nitrogen and oxygen atoms in total. The maximum atomic E-state index is 5.52. The summed E-state index contributed by atoms with van der Waals surface area (Å²) in [4.78, 5) is 0. The minimum Gasteiger partial charge on any atom is -0.381 e. The van der Waals surface area contributed by atoms with Gasteiger partial charge in [-0.1, -0.05) is 25.7 Å². The van der Waals surface area contributed by atoms with Crippen molar-refractivity contribution in [2.24, 2.45) is 17.8 Å². The normalized spacial score (nSPS) is 39.0. The van der Waals surface area contributed by atoms with E-state index in [1.54, 1.807) is 0 Å². The van der Waals surface area contributed by atoms with Crippen LogP contribution in [0.1, 0.15) is 45.4 Å². The third-order valence-corrected chi connectivity index (χ3v) is 3.90. The summed E-state index contributed by atoms with van der Waals surface area (Å²) < 4.78 is 5.52. The summed E-state index contributed by atoms with van der Waals surface area (Å²) in [6, 6.07) is 0. The van der Waals surface area contributed by atoms with Crippen LogP contribution in [0, 0.1) is 17.8 Å². The van der Waals surface area contributed by atoms with E-state index in [0.717, 1.165) is 31.0 Å². The highest BCUT2D eigenvalue weighted by molar-refractivity contribution is 4.85. The van der Waals surface area contributed by atoms with E-state index in [9.17, 15) is 0 Å². The summed E-state index contributed by atoms with van der Waals surface area (Å²) in [5.74, 6) is 3.03. The van der Waals surface area contributed by atoms with Gasteiger partial charge in [0.25, 0.3) is 0 Å². The van der Waals surface area contributed by atoms with Crippen LogP contribution in [0.2, 0.25) is 0 Å². The molecule has 0 aliphatic heterocycles. The highest BCUT2D eigenvalue weighted by Gasteiger charge is 2.35. The van der Waals surface area contributed by atoms with E-state index in [4.69, 9.17) is 4.74 Å². The molecular formula is C12H22O. The third kappa shape index (κ3) is 2.25. The molecule has 0 heterocycles. The Kier molecular flexibility index (Phi) is 3.26. The minimum atomic E-state index is 0.895. The average Bonchev–Trinajstić information content (AvgIpc) is 2.57. The van der Waals surface area contributed by atoms with Gasteiger partial charge in [0.2, 0.25) is 0 Å². The Hall–Kier alpha value is -0.0400. The fourth-order valence-electron chi connectivity index (χ4n) is 3.28. The Morgan fingerprint density at radius 3 is 2.23 bits per heavy atom. The summed E-state index contributed by atoms with van der Waals surface area (Å²) >= 11 is 0. The van der Waals surface area contributed by atoms with Gasteiger partial charge in [0, 0.05) is 13.2 Å². The van der Waals surface area contributed by atoms with Gasteiger partial charge in [-0.25, -0.2) is 0 Å². The van der Waals surface area contributed by atoms with E-state index >= 15 is 0 Å². The highest BCUT2D eigenvalue weighted by atomic mass is 16.5. The van der Waals surface area contributed by atoms with Crippen molar-refractivity contribution in [3.8, 4) is 0 Å². The second-order valence-corrected chi connectivity index (χ2v) is 4.80. The van der Waals surface area contributed by atoms with Crippen molar-refractivity contribution < 1.29 is 4.74 Å². The standard InChI is InChI=1S/C12H22O/c1-2-13-9-10-7-11-5-3-4-6-12(11)8-10/h10-12H,2-9H2,1H3. The molecule has 2 atom stereocenters. The van der Waals surface area contributed by atoms with Gasteiger partial charge in [-0.15, -0.1) is 0 Å². The van der Waals surface area contributed by atoms with Gasteiger partial charge in [-0.2, -0.15) is 0 Å². The van der Waals surface area contributed by atoms with Crippen LogP contribution in [-0.4, -0.2) is 13.2 Å². The lowest BCUT2D eigenvalue weighted by Gasteiger charge is -2.24. The van der Waals surface area contributed by atoms with Gasteiger partial charge in [0.05, 0.1) is 0 Å². The first-order chi connectivity index (χ1) is 6.40. The van der Waals surface area contributed by atoms with Crippen molar-refractivity contribution in [3.05, 3.63) is 0 Å². The lowest BCUT2D eigenvalue weighted by atomic mass is 9.82. The third-order valence-electron chi connectivity index (χ3n) is 3.90. The van der Waals surface area contributed by atoms with Crippen LogP contribution in [0.5, 0.6) is 0 Å². The lowest BCUT2D eigenvalue weighted by Crippen LogP contribution is -2.12. The molecule has 0 amide bonds. The minimum absolute atomic E-state index is 0.895. The van der Waals surface area contributed by atoms with E-state index in [1.807, 2.05) is 0 Å². The lowest BCUT2D eigenvalue weighted by molar-refractivity contribution is 0.110. The molecule has 2 unspecified atom stereocenters.